The van der Waals surface area contributed by atoms with Crippen LogP contribution in [-0.2, 0) is 11.3 Å². The first-order valence-corrected chi connectivity index (χ1v) is 7.18. The van der Waals surface area contributed by atoms with Crippen molar-refractivity contribution >= 4 is 11.7 Å². The number of nitrogens with zero attached hydrogens (tertiary/aromatic N) is 1. The van der Waals surface area contributed by atoms with Crippen molar-refractivity contribution < 1.29 is 18.7 Å². The summed E-state index contributed by atoms with van der Waals surface area (Å²) < 4.78 is 18.6. The van der Waals surface area contributed by atoms with Gasteiger partial charge in [-0.2, -0.15) is 0 Å². The normalized spacial score (nSPS) is 10.2. The van der Waals surface area contributed by atoms with Crippen LogP contribution in [0.3, 0.4) is 0 Å². The van der Waals surface area contributed by atoms with Crippen molar-refractivity contribution in [2.45, 2.75) is 13.5 Å². The number of amides is 1. The van der Waals surface area contributed by atoms with E-state index < -0.39 is 5.82 Å². The largest absolute Gasteiger partial charge is 0.483 e. The SMILES string of the molecule is CC(=O)c1cc(F)ccc1OCC(=O)N(C)Cc1ccccc1. The van der Waals surface area contributed by atoms with Crippen LogP contribution in [0.5, 0.6) is 5.75 Å². The maximum atomic E-state index is 13.2. The van der Waals surface area contributed by atoms with E-state index in [0.29, 0.717) is 6.54 Å². The minimum atomic E-state index is -0.518. The van der Waals surface area contributed by atoms with E-state index in [4.69, 9.17) is 4.74 Å². The zero-order valence-electron chi connectivity index (χ0n) is 13.1. The third kappa shape index (κ3) is 4.64. The highest BCUT2D eigenvalue weighted by Gasteiger charge is 2.14. The van der Waals surface area contributed by atoms with Gasteiger partial charge >= 0.3 is 0 Å². The fourth-order valence-corrected chi connectivity index (χ4v) is 2.10. The van der Waals surface area contributed by atoms with Crippen molar-refractivity contribution in [1.82, 2.24) is 4.90 Å². The summed E-state index contributed by atoms with van der Waals surface area (Å²) in [5.41, 5.74) is 1.14. The van der Waals surface area contributed by atoms with E-state index in [9.17, 15) is 14.0 Å². The molecule has 2 rings (SSSR count). The summed E-state index contributed by atoms with van der Waals surface area (Å²) in [5, 5.41) is 0. The lowest BCUT2D eigenvalue weighted by Crippen LogP contribution is -2.31. The Labute approximate surface area is 134 Å². The number of likely N-dealkylation sites (N-methyl/N-ethyl adjacent to an activating group) is 1. The Bertz CT molecular complexity index is 701. The number of rotatable bonds is 6. The van der Waals surface area contributed by atoms with Crippen LogP contribution in [-0.4, -0.2) is 30.2 Å². The van der Waals surface area contributed by atoms with Gasteiger partial charge in [-0.25, -0.2) is 4.39 Å². The number of Topliss-reactive ketones (excluding diaryl/α,β-unsaturated/α-hetero) is 1. The summed E-state index contributed by atoms with van der Waals surface area (Å²) in [4.78, 5) is 25.1. The highest BCUT2D eigenvalue weighted by Crippen LogP contribution is 2.20. The number of ketones is 1. The van der Waals surface area contributed by atoms with Crippen molar-refractivity contribution in [3.05, 3.63) is 65.5 Å². The molecular formula is C18H18FNO3. The van der Waals surface area contributed by atoms with Gasteiger partial charge in [-0.1, -0.05) is 30.3 Å². The van der Waals surface area contributed by atoms with E-state index in [1.54, 1.807) is 7.05 Å². The monoisotopic (exact) mass is 315 g/mol. The molecule has 120 valence electrons. The first-order chi connectivity index (χ1) is 11.0. The Morgan fingerprint density at radius 3 is 2.48 bits per heavy atom. The molecule has 0 heterocycles. The minimum absolute atomic E-state index is 0.128. The average molecular weight is 315 g/mol. The number of benzene rings is 2. The molecule has 0 N–H and O–H groups in total. The van der Waals surface area contributed by atoms with Gasteiger partial charge in [-0.3, -0.25) is 9.59 Å². The second-order valence-electron chi connectivity index (χ2n) is 5.22. The zero-order valence-corrected chi connectivity index (χ0v) is 13.1. The molecule has 0 spiro atoms. The Balaban J connectivity index is 1.98. The third-order valence-corrected chi connectivity index (χ3v) is 3.36. The Morgan fingerprint density at radius 1 is 1.13 bits per heavy atom. The molecule has 0 aliphatic heterocycles. The van der Waals surface area contributed by atoms with E-state index in [2.05, 4.69) is 0 Å². The summed E-state index contributed by atoms with van der Waals surface area (Å²) in [6.07, 6.45) is 0. The predicted molar refractivity (Wildman–Crippen MR) is 84.8 cm³/mol. The number of hydrogen-bond acceptors (Lipinski definition) is 3. The maximum Gasteiger partial charge on any atom is 0.260 e. The van der Waals surface area contributed by atoms with Gasteiger partial charge < -0.3 is 9.64 Å². The Morgan fingerprint density at radius 2 is 1.83 bits per heavy atom. The molecule has 0 bridgehead atoms. The lowest BCUT2D eigenvalue weighted by atomic mass is 10.1. The summed E-state index contributed by atoms with van der Waals surface area (Å²) in [5.74, 6) is -0.854. The fourth-order valence-electron chi connectivity index (χ4n) is 2.10. The van der Waals surface area contributed by atoms with Crippen LogP contribution in [0.15, 0.2) is 48.5 Å². The highest BCUT2D eigenvalue weighted by molar-refractivity contribution is 5.96. The lowest BCUT2D eigenvalue weighted by Gasteiger charge is -2.18. The van der Waals surface area contributed by atoms with Crippen molar-refractivity contribution in [1.29, 1.82) is 0 Å². The summed E-state index contributed by atoms with van der Waals surface area (Å²) >= 11 is 0. The molecule has 4 nitrogen and oxygen atoms in total. The predicted octanol–water partition coefficient (Wildman–Crippen LogP) is 3.07. The molecule has 0 fully saturated rings. The van der Waals surface area contributed by atoms with Gasteiger partial charge in [-0.15, -0.1) is 0 Å². The smallest absolute Gasteiger partial charge is 0.260 e. The van der Waals surface area contributed by atoms with Crippen molar-refractivity contribution in [3.63, 3.8) is 0 Å². The summed E-state index contributed by atoms with van der Waals surface area (Å²) in [6.45, 7) is 1.58. The molecule has 23 heavy (non-hydrogen) atoms. The van der Waals surface area contributed by atoms with Crippen LogP contribution >= 0.6 is 0 Å². The highest BCUT2D eigenvalue weighted by atomic mass is 19.1. The van der Waals surface area contributed by atoms with E-state index >= 15 is 0 Å². The van der Waals surface area contributed by atoms with Crippen LogP contribution in [0, 0.1) is 5.82 Å². The van der Waals surface area contributed by atoms with Crippen LogP contribution in [0.4, 0.5) is 4.39 Å². The molecule has 2 aromatic rings. The van der Waals surface area contributed by atoms with Crippen molar-refractivity contribution in [2.75, 3.05) is 13.7 Å². The number of ether oxygens (including phenoxy) is 1. The van der Waals surface area contributed by atoms with Gasteiger partial charge in [0.25, 0.3) is 5.91 Å². The number of halogens is 1. The average Bonchev–Trinajstić information content (AvgIpc) is 2.54. The second kappa shape index (κ2) is 7.54. The zero-order chi connectivity index (χ0) is 16.8. The topological polar surface area (TPSA) is 46.6 Å². The molecule has 0 aromatic heterocycles. The molecule has 0 radical (unpaired) electrons. The second-order valence-corrected chi connectivity index (χ2v) is 5.22. The molecule has 0 atom stereocenters. The Hall–Kier alpha value is -2.69. The van der Waals surface area contributed by atoms with E-state index in [-0.39, 0.29) is 29.6 Å². The minimum Gasteiger partial charge on any atom is -0.483 e. The molecule has 0 unspecified atom stereocenters. The molecule has 0 aliphatic rings. The number of carbonyl (C=O) groups is 2. The molecule has 1 amide bonds. The maximum absolute atomic E-state index is 13.2. The van der Waals surface area contributed by atoms with Gasteiger partial charge in [0.2, 0.25) is 0 Å². The standard InChI is InChI=1S/C18H18FNO3/c1-13(21)16-10-15(19)8-9-17(16)23-12-18(22)20(2)11-14-6-4-3-5-7-14/h3-10H,11-12H2,1-2H3. The van der Waals surface area contributed by atoms with E-state index in [1.807, 2.05) is 30.3 Å². The quantitative estimate of drug-likeness (QED) is 0.770. The summed E-state index contributed by atoms with van der Waals surface area (Å²) in [6, 6.07) is 13.2. The molecule has 5 heteroatoms. The number of hydrogen-bond donors (Lipinski definition) is 0. The van der Waals surface area contributed by atoms with Crippen LogP contribution in [0.2, 0.25) is 0 Å². The van der Waals surface area contributed by atoms with Gasteiger partial charge in [0.15, 0.2) is 12.4 Å². The first-order valence-electron chi connectivity index (χ1n) is 7.18. The van der Waals surface area contributed by atoms with Gasteiger partial charge in [0, 0.05) is 13.6 Å². The molecule has 0 aliphatic carbocycles. The van der Waals surface area contributed by atoms with E-state index in [0.717, 1.165) is 11.6 Å². The summed E-state index contributed by atoms with van der Waals surface area (Å²) in [7, 11) is 1.68. The molecular weight excluding hydrogens is 297 g/mol. The Kier molecular flexibility index (Phi) is 5.46. The van der Waals surface area contributed by atoms with Gasteiger partial charge in [0.1, 0.15) is 11.6 Å². The van der Waals surface area contributed by atoms with Crippen LogP contribution in [0.25, 0.3) is 0 Å². The fraction of sp³-hybridized carbons (Fsp3) is 0.222. The molecule has 2 aromatic carbocycles. The number of carbonyl (C=O) groups excluding carboxylic acids is 2. The third-order valence-electron chi connectivity index (χ3n) is 3.36. The lowest BCUT2D eigenvalue weighted by molar-refractivity contribution is -0.132. The van der Waals surface area contributed by atoms with Crippen LogP contribution < -0.4 is 4.74 Å². The van der Waals surface area contributed by atoms with Crippen molar-refractivity contribution in [3.8, 4) is 5.75 Å². The van der Waals surface area contributed by atoms with Gasteiger partial charge in [-0.05, 0) is 30.7 Å². The van der Waals surface area contributed by atoms with Gasteiger partial charge in [0.05, 0.1) is 5.56 Å². The van der Waals surface area contributed by atoms with E-state index in [1.165, 1.54) is 24.0 Å². The van der Waals surface area contributed by atoms with Crippen molar-refractivity contribution in [2.24, 2.45) is 0 Å². The molecule has 0 saturated heterocycles. The molecule has 0 saturated carbocycles. The van der Waals surface area contributed by atoms with Crippen LogP contribution in [0.1, 0.15) is 22.8 Å². The first kappa shape index (κ1) is 16.7.